The number of anilines is 1. The number of rotatable bonds is 6. The van der Waals surface area contributed by atoms with Gasteiger partial charge in [-0.25, -0.2) is 0 Å². The van der Waals surface area contributed by atoms with E-state index in [0.29, 0.717) is 16.7 Å². The van der Waals surface area contributed by atoms with E-state index in [9.17, 15) is 4.79 Å². The second kappa shape index (κ2) is 7.41. The molecule has 0 aliphatic rings. The average molecular weight is 276 g/mol. The van der Waals surface area contributed by atoms with Crippen LogP contribution in [-0.4, -0.2) is 19.1 Å². The van der Waals surface area contributed by atoms with Crippen LogP contribution in [0, 0.1) is 0 Å². The molecule has 0 aliphatic heterocycles. The van der Waals surface area contributed by atoms with E-state index in [1.807, 2.05) is 6.92 Å². The quantitative estimate of drug-likeness (QED) is 0.635. The first-order valence-corrected chi connectivity index (χ1v) is 6.23. The SMILES string of the molecule is CCCCOC(=O)CNc1ccc(Cl)c(Cl)c1. The van der Waals surface area contributed by atoms with Gasteiger partial charge in [0.25, 0.3) is 0 Å². The number of carbonyl (C=O) groups excluding carboxylic acids is 1. The normalized spacial score (nSPS) is 10.1. The number of nitrogens with one attached hydrogen (secondary N) is 1. The van der Waals surface area contributed by atoms with E-state index in [1.54, 1.807) is 18.2 Å². The van der Waals surface area contributed by atoms with Gasteiger partial charge in [-0.1, -0.05) is 36.5 Å². The van der Waals surface area contributed by atoms with Gasteiger partial charge in [0.1, 0.15) is 6.54 Å². The van der Waals surface area contributed by atoms with E-state index < -0.39 is 0 Å². The van der Waals surface area contributed by atoms with Gasteiger partial charge in [0.05, 0.1) is 16.7 Å². The molecule has 0 radical (unpaired) electrons. The van der Waals surface area contributed by atoms with Crippen LogP contribution in [0.5, 0.6) is 0 Å². The molecule has 0 aliphatic carbocycles. The Balaban J connectivity index is 2.34. The monoisotopic (exact) mass is 275 g/mol. The third-order valence-corrected chi connectivity index (χ3v) is 2.86. The lowest BCUT2D eigenvalue weighted by molar-refractivity contribution is -0.141. The number of unbranched alkanes of at least 4 members (excludes halogenated alkanes) is 1. The van der Waals surface area contributed by atoms with E-state index in [2.05, 4.69) is 5.32 Å². The average Bonchev–Trinajstić information content (AvgIpc) is 2.31. The Hall–Kier alpha value is -0.930. The zero-order valence-electron chi connectivity index (χ0n) is 9.63. The highest BCUT2D eigenvalue weighted by Crippen LogP contribution is 2.24. The highest BCUT2D eigenvalue weighted by molar-refractivity contribution is 6.42. The largest absolute Gasteiger partial charge is 0.464 e. The topological polar surface area (TPSA) is 38.3 Å². The number of esters is 1. The molecule has 0 heterocycles. The Morgan fingerprint density at radius 1 is 1.35 bits per heavy atom. The van der Waals surface area contributed by atoms with Gasteiger partial charge in [0.15, 0.2) is 0 Å². The van der Waals surface area contributed by atoms with Crippen molar-refractivity contribution in [1.29, 1.82) is 0 Å². The van der Waals surface area contributed by atoms with Gasteiger partial charge in [-0.3, -0.25) is 4.79 Å². The molecule has 17 heavy (non-hydrogen) atoms. The van der Waals surface area contributed by atoms with Crippen molar-refractivity contribution in [2.75, 3.05) is 18.5 Å². The van der Waals surface area contributed by atoms with Crippen LogP contribution in [0.25, 0.3) is 0 Å². The fraction of sp³-hybridized carbons (Fsp3) is 0.417. The fourth-order valence-electron chi connectivity index (χ4n) is 1.16. The number of hydrogen-bond donors (Lipinski definition) is 1. The first-order chi connectivity index (χ1) is 8.13. The Kier molecular flexibility index (Phi) is 6.16. The second-order valence-corrected chi connectivity index (χ2v) is 4.37. The molecule has 0 saturated carbocycles. The standard InChI is InChI=1S/C12H15Cl2NO2/c1-2-3-6-17-12(16)8-15-9-4-5-10(13)11(14)7-9/h4-5,7,15H,2-3,6,8H2,1H3. The lowest BCUT2D eigenvalue weighted by atomic mass is 10.3. The molecular weight excluding hydrogens is 261 g/mol. The van der Waals surface area contributed by atoms with Gasteiger partial charge in [0, 0.05) is 5.69 Å². The minimum Gasteiger partial charge on any atom is -0.464 e. The third kappa shape index (κ3) is 5.29. The predicted octanol–water partition coefficient (Wildman–Crippen LogP) is 3.75. The molecule has 3 nitrogen and oxygen atoms in total. The molecule has 94 valence electrons. The van der Waals surface area contributed by atoms with E-state index >= 15 is 0 Å². The maximum atomic E-state index is 11.3. The van der Waals surface area contributed by atoms with Crippen LogP contribution >= 0.6 is 23.2 Å². The van der Waals surface area contributed by atoms with Gasteiger partial charge in [0.2, 0.25) is 0 Å². The van der Waals surface area contributed by atoms with Crippen LogP contribution in [0.4, 0.5) is 5.69 Å². The summed E-state index contributed by atoms with van der Waals surface area (Å²) in [6, 6.07) is 5.10. The number of carbonyl (C=O) groups is 1. The summed E-state index contributed by atoms with van der Waals surface area (Å²) in [5, 5.41) is 3.87. The highest BCUT2D eigenvalue weighted by atomic mass is 35.5. The van der Waals surface area contributed by atoms with Crippen LogP contribution in [0.3, 0.4) is 0 Å². The van der Waals surface area contributed by atoms with E-state index in [4.69, 9.17) is 27.9 Å². The summed E-state index contributed by atoms with van der Waals surface area (Å²) in [5.74, 6) is -0.274. The van der Waals surface area contributed by atoms with Crippen LogP contribution in [0.2, 0.25) is 10.0 Å². The number of ether oxygens (including phenoxy) is 1. The van der Waals surface area contributed by atoms with Gasteiger partial charge < -0.3 is 10.1 Å². The summed E-state index contributed by atoms with van der Waals surface area (Å²) >= 11 is 11.6. The number of benzene rings is 1. The Labute approximate surface area is 111 Å². The molecule has 1 rings (SSSR count). The summed E-state index contributed by atoms with van der Waals surface area (Å²) in [4.78, 5) is 11.3. The molecule has 0 amide bonds. The lowest BCUT2D eigenvalue weighted by Crippen LogP contribution is -2.17. The maximum absolute atomic E-state index is 11.3. The predicted molar refractivity (Wildman–Crippen MR) is 70.8 cm³/mol. The molecule has 0 spiro atoms. The lowest BCUT2D eigenvalue weighted by Gasteiger charge is -2.07. The van der Waals surface area contributed by atoms with Gasteiger partial charge >= 0.3 is 5.97 Å². The van der Waals surface area contributed by atoms with Crippen molar-refractivity contribution in [2.45, 2.75) is 19.8 Å². The summed E-state index contributed by atoms with van der Waals surface area (Å²) in [6.45, 7) is 2.64. The summed E-state index contributed by atoms with van der Waals surface area (Å²) in [7, 11) is 0. The summed E-state index contributed by atoms with van der Waals surface area (Å²) in [6.07, 6.45) is 1.89. The summed E-state index contributed by atoms with van der Waals surface area (Å²) < 4.78 is 5.00. The molecule has 1 N–H and O–H groups in total. The molecule has 0 unspecified atom stereocenters. The van der Waals surface area contributed by atoms with Crippen molar-refractivity contribution in [3.8, 4) is 0 Å². The first-order valence-electron chi connectivity index (χ1n) is 5.48. The molecule has 0 fully saturated rings. The minimum atomic E-state index is -0.274. The van der Waals surface area contributed by atoms with Gasteiger partial charge in [-0.05, 0) is 24.6 Å². The van der Waals surface area contributed by atoms with Crippen molar-refractivity contribution >= 4 is 34.9 Å². The molecule has 1 aromatic carbocycles. The van der Waals surface area contributed by atoms with E-state index in [-0.39, 0.29) is 12.5 Å². The van der Waals surface area contributed by atoms with E-state index in [1.165, 1.54) is 0 Å². The van der Waals surface area contributed by atoms with Crippen LogP contribution in [0.1, 0.15) is 19.8 Å². The fourth-order valence-corrected chi connectivity index (χ4v) is 1.46. The maximum Gasteiger partial charge on any atom is 0.325 e. The van der Waals surface area contributed by atoms with Crippen molar-refractivity contribution in [1.82, 2.24) is 0 Å². The minimum absolute atomic E-state index is 0.127. The van der Waals surface area contributed by atoms with Crippen LogP contribution in [-0.2, 0) is 9.53 Å². The molecule has 1 aromatic rings. The summed E-state index contributed by atoms with van der Waals surface area (Å²) in [5.41, 5.74) is 0.742. The molecule has 0 atom stereocenters. The Morgan fingerprint density at radius 3 is 2.76 bits per heavy atom. The van der Waals surface area contributed by atoms with Crippen molar-refractivity contribution in [3.63, 3.8) is 0 Å². The molecule has 5 heteroatoms. The molecule has 0 bridgehead atoms. The van der Waals surface area contributed by atoms with Crippen molar-refractivity contribution in [3.05, 3.63) is 28.2 Å². The Bertz CT molecular complexity index is 383. The van der Waals surface area contributed by atoms with Crippen molar-refractivity contribution in [2.24, 2.45) is 0 Å². The second-order valence-electron chi connectivity index (χ2n) is 3.56. The smallest absolute Gasteiger partial charge is 0.325 e. The van der Waals surface area contributed by atoms with Crippen LogP contribution < -0.4 is 5.32 Å². The zero-order chi connectivity index (χ0) is 12.7. The van der Waals surface area contributed by atoms with Crippen LogP contribution in [0.15, 0.2) is 18.2 Å². The highest BCUT2D eigenvalue weighted by Gasteiger charge is 2.03. The first kappa shape index (κ1) is 14.1. The number of halogens is 2. The van der Waals surface area contributed by atoms with Gasteiger partial charge in [-0.2, -0.15) is 0 Å². The molecular formula is C12H15Cl2NO2. The Morgan fingerprint density at radius 2 is 2.12 bits per heavy atom. The molecule has 0 saturated heterocycles. The zero-order valence-corrected chi connectivity index (χ0v) is 11.1. The molecule has 0 aromatic heterocycles. The van der Waals surface area contributed by atoms with Gasteiger partial charge in [-0.15, -0.1) is 0 Å². The van der Waals surface area contributed by atoms with E-state index in [0.717, 1.165) is 18.5 Å². The van der Waals surface area contributed by atoms with Crippen molar-refractivity contribution < 1.29 is 9.53 Å². The third-order valence-electron chi connectivity index (χ3n) is 2.12. The number of hydrogen-bond acceptors (Lipinski definition) is 3.